The van der Waals surface area contributed by atoms with Gasteiger partial charge in [0.25, 0.3) is 0 Å². The molecule has 0 spiro atoms. The second-order valence-electron chi connectivity index (χ2n) is 6.74. The Bertz CT molecular complexity index is 724. The minimum absolute atomic E-state index is 0.0823. The van der Waals surface area contributed by atoms with Gasteiger partial charge in [0, 0.05) is 45.2 Å². The molecule has 0 radical (unpaired) electrons. The van der Waals surface area contributed by atoms with E-state index in [1.807, 2.05) is 4.90 Å². The highest BCUT2D eigenvalue weighted by molar-refractivity contribution is 7.89. The molecule has 0 N–H and O–H groups in total. The SMILES string of the molecule is CN1CCN(C(=O)C2CCN(S(=O)(=O)c3ccccc3Cl)CC2)CC1. The number of likely N-dealkylation sites (N-methyl/N-ethyl adjacent to an activating group) is 1. The third-order valence-corrected chi connectivity index (χ3v) is 7.47. The van der Waals surface area contributed by atoms with E-state index in [2.05, 4.69) is 11.9 Å². The highest BCUT2D eigenvalue weighted by Gasteiger charge is 2.35. The van der Waals surface area contributed by atoms with Crippen molar-refractivity contribution in [3.63, 3.8) is 0 Å². The first-order valence-electron chi connectivity index (χ1n) is 8.61. The van der Waals surface area contributed by atoms with Crippen molar-refractivity contribution in [1.29, 1.82) is 0 Å². The van der Waals surface area contributed by atoms with E-state index < -0.39 is 10.0 Å². The predicted molar refractivity (Wildman–Crippen MR) is 97.0 cm³/mol. The number of nitrogens with zero attached hydrogens (tertiary/aromatic N) is 3. The maximum absolute atomic E-state index is 12.8. The lowest BCUT2D eigenvalue weighted by atomic mass is 9.96. The number of piperidine rings is 1. The van der Waals surface area contributed by atoms with E-state index >= 15 is 0 Å². The first-order valence-corrected chi connectivity index (χ1v) is 10.4. The van der Waals surface area contributed by atoms with Gasteiger partial charge in [-0.15, -0.1) is 0 Å². The van der Waals surface area contributed by atoms with Gasteiger partial charge in [-0.05, 0) is 32.0 Å². The predicted octanol–water partition coefficient (Wildman–Crippen LogP) is 1.51. The molecular formula is C17H24ClN3O3S. The van der Waals surface area contributed by atoms with E-state index in [0.717, 1.165) is 26.2 Å². The van der Waals surface area contributed by atoms with Crippen LogP contribution in [0, 0.1) is 5.92 Å². The molecule has 1 aromatic carbocycles. The minimum atomic E-state index is -3.60. The molecule has 6 nitrogen and oxygen atoms in total. The summed E-state index contributed by atoms with van der Waals surface area (Å²) in [5.74, 6) is 0.0870. The Labute approximate surface area is 154 Å². The third kappa shape index (κ3) is 4.00. The summed E-state index contributed by atoms with van der Waals surface area (Å²) in [6, 6.07) is 6.49. The Morgan fingerprint density at radius 3 is 2.24 bits per heavy atom. The van der Waals surface area contributed by atoms with E-state index in [4.69, 9.17) is 11.6 Å². The zero-order valence-electron chi connectivity index (χ0n) is 14.4. The molecule has 0 bridgehead atoms. The maximum atomic E-state index is 12.8. The number of carbonyl (C=O) groups is 1. The van der Waals surface area contributed by atoms with Gasteiger partial charge in [0.05, 0.1) is 5.02 Å². The van der Waals surface area contributed by atoms with E-state index in [1.54, 1.807) is 18.2 Å². The summed E-state index contributed by atoms with van der Waals surface area (Å²) in [5, 5.41) is 0.234. The number of amides is 1. The molecule has 0 atom stereocenters. The summed E-state index contributed by atoms with van der Waals surface area (Å²) in [6.45, 7) is 4.02. The first-order chi connectivity index (χ1) is 11.9. The number of benzene rings is 1. The lowest BCUT2D eigenvalue weighted by Crippen LogP contribution is -2.51. The van der Waals surface area contributed by atoms with Gasteiger partial charge in [-0.3, -0.25) is 4.79 Å². The van der Waals surface area contributed by atoms with Crippen LogP contribution in [0.1, 0.15) is 12.8 Å². The smallest absolute Gasteiger partial charge is 0.244 e. The first kappa shape index (κ1) is 18.6. The zero-order valence-corrected chi connectivity index (χ0v) is 16.0. The second kappa shape index (κ2) is 7.61. The molecule has 2 heterocycles. The zero-order chi connectivity index (χ0) is 18.0. The van der Waals surface area contributed by atoms with E-state index in [0.29, 0.717) is 25.9 Å². The summed E-state index contributed by atoms with van der Waals surface area (Å²) >= 11 is 6.05. The lowest BCUT2D eigenvalue weighted by Gasteiger charge is -2.37. The van der Waals surface area contributed by atoms with Crippen molar-refractivity contribution in [3.8, 4) is 0 Å². The Hall–Kier alpha value is -1.15. The molecule has 0 saturated carbocycles. The Kier molecular flexibility index (Phi) is 5.68. The van der Waals surface area contributed by atoms with Gasteiger partial charge in [-0.25, -0.2) is 8.42 Å². The molecule has 8 heteroatoms. The lowest BCUT2D eigenvalue weighted by molar-refractivity contribution is -0.138. The van der Waals surface area contributed by atoms with Crippen LogP contribution in [-0.2, 0) is 14.8 Å². The van der Waals surface area contributed by atoms with Crippen molar-refractivity contribution < 1.29 is 13.2 Å². The average molecular weight is 386 g/mol. The highest BCUT2D eigenvalue weighted by atomic mass is 35.5. The van der Waals surface area contributed by atoms with Crippen LogP contribution < -0.4 is 0 Å². The van der Waals surface area contributed by atoms with Gasteiger partial charge in [-0.1, -0.05) is 23.7 Å². The average Bonchev–Trinajstić information content (AvgIpc) is 2.62. The normalized spacial score (nSPS) is 21.4. The molecule has 2 aliphatic rings. The fourth-order valence-electron chi connectivity index (χ4n) is 3.42. The minimum Gasteiger partial charge on any atom is -0.340 e. The van der Waals surface area contributed by atoms with E-state index in [-0.39, 0.29) is 21.7 Å². The fourth-order valence-corrected chi connectivity index (χ4v) is 5.38. The van der Waals surface area contributed by atoms with Crippen LogP contribution in [0.3, 0.4) is 0 Å². The number of sulfonamides is 1. The van der Waals surface area contributed by atoms with Crippen LogP contribution in [0.25, 0.3) is 0 Å². The molecule has 25 heavy (non-hydrogen) atoms. The van der Waals surface area contributed by atoms with Gasteiger partial charge in [-0.2, -0.15) is 4.31 Å². The van der Waals surface area contributed by atoms with Crippen LogP contribution in [0.15, 0.2) is 29.2 Å². The van der Waals surface area contributed by atoms with Crippen LogP contribution in [0.4, 0.5) is 0 Å². The number of piperazine rings is 1. The van der Waals surface area contributed by atoms with Gasteiger partial charge in [0.1, 0.15) is 4.90 Å². The standard InChI is InChI=1S/C17H24ClN3O3S/c1-19-10-12-20(13-11-19)17(22)14-6-8-21(9-7-14)25(23,24)16-5-3-2-4-15(16)18/h2-5,14H,6-13H2,1H3. The van der Waals surface area contributed by atoms with Gasteiger partial charge in [0.2, 0.25) is 15.9 Å². The van der Waals surface area contributed by atoms with Crippen molar-refractivity contribution in [2.24, 2.45) is 5.92 Å². The number of hydrogen-bond acceptors (Lipinski definition) is 4. The number of halogens is 1. The Morgan fingerprint density at radius 2 is 1.64 bits per heavy atom. The molecule has 2 aliphatic heterocycles. The van der Waals surface area contributed by atoms with Gasteiger partial charge in [0.15, 0.2) is 0 Å². The highest BCUT2D eigenvalue weighted by Crippen LogP contribution is 2.28. The fraction of sp³-hybridized carbons (Fsp3) is 0.588. The molecule has 3 rings (SSSR count). The van der Waals surface area contributed by atoms with Crippen LogP contribution >= 0.6 is 11.6 Å². The maximum Gasteiger partial charge on any atom is 0.244 e. The molecule has 2 fully saturated rings. The quantitative estimate of drug-likeness (QED) is 0.791. The topological polar surface area (TPSA) is 60.9 Å². The summed E-state index contributed by atoms with van der Waals surface area (Å²) in [7, 11) is -1.55. The Morgan fingerprint density at radius 1 is 1.04 bits per heavy atom. The Balaban J connectivity index is 1.62. The summed E-state index contributed by atoms with van der Waals surface area (Å²) in [6.07, 6.45) is 1.13. The van der Waals surface area contributed by atoms with Crippen LogP contribution in [-0.4, -0.2) is 74.7 Å². The van der Waals surface area contributed by atoms with Crippen LogP contribution in [0.2, 0.25) is 5.02 Å². The molecule has 0 aliphatic carbocycles. The molecule has 0 aromatic heterocycles. The summed E-state index contributed by atoms with van der Waals surface area (Å²) in [4.78, 5) is 16.9. The van der Waals surface area contributed by atoms with Crippen molar-refractivity contribution in [1.82, 2.24) is 14.1 Å². The molecular weight excluding hydrogens is 362 g/mol. The molecule has 138 valence electrons. The molecule has 0 unspecified atom stereocenters. The van der Waals surface area contributed by atoms with E-state index in [9.17, 15) is 13.2 Å². The summed E-state index contributed by atoms with van der Waals surface area (Å²) < 4.78 is 27.0. The van der Waals surface area contributed by atoms with Crippen molar-refractivity contribution in [2.45, 2.75) is 17.7 Å². The van der Waals surface area contributed by atoms with Crippen molar-refractivity contribution in [2.75, 3.05) is 46.3 Å². The van der Waals surface area contributed by atoms with Crippen molar-refractivity contribution >= 4 is 27.5 Å². The van der Waals surface area contributed by atoms with Crippen LogP contribution in [0.5, 0.6) is 0 Å². The largest absolute Gasteiger partial charge is 0.340 e. The summed E-state index contributed by atoms with van der Waals surface area (Å²) in [5.41, 5.74) is 0. The van der Waals surface area contributed by atoms with Gasteiger partial charge >= 0.3 is 0 Å². The number of hydrogen-bond donors (Lipinski definition) is 0. The molecule has 1 amide bonds. The number of rotatable bonds is 3. The monoisotopic (exact) mass is 385 g/mol. The van der Waals surface area contributed by atoms with E-state index in [1.165, 1.54) is 10.4 Å². The van der Waals surface area contributed by atoms with Gasteiger partial charge < -0.3 is 9.80 Å². The second-order valence-corrected chi connectivity index (χ2v) is 9.05. The third-order valence-electron chi connectivity index (χ3n) is 5.07. The number of carbonyl (C=O) groups excluding carboxylic acids is 1. The molecule has 2 saturated heterocycles. The van der Waals surface area contributed by atoms with Crippen molar-refractivity contribution in [3.05, 3.63) is 29.3 Å². The molecule has 1 aromatic rings.